The van der Waals surface area contributed by atoms with Crippen LogP contribution in [0.15, 0.2) is 30.3 Å². The fourth-order valence-electron chi connectivity index (χ4n) is 2.08. The highest BCUT2D eigenvalue weighted by molar-refractivity contribution is 5.92. The molecule has 1 saturated carbocycles. The molecule has 4 nitrogen and oxygen atoms in total. The minimum atomic E-state index is -0.0585. The summed E-state index contributed by atoms with van der Waals surface area (Å²) in [7, 11) is 0. The first-order valence-electron chi connectivity index (χ1n) is 6.63. The summed E-state index contributed by atoms with van der Waals surface area (Å²) in [6.07, 6.45) is 5.48. The van der Waals surface area contributed by atoms with Crippen molar-refractivity contribution in [2.24, 2.45) is 0 Å². The minimum absolute atomic E-state index is 0.0585. The summed E-state index contributed by atoms with van der Waals surface area (Å²) in [5.74, 6) is -0.0585. The van der Waals surface area contributed by atoms with E-state index in [2.05, 4.69) is 5.32 Å². The molecular formula is C15H20N2O2. The summed E-state index contributed by atoms with van der Waals surface area (Å²) in [6, 6.07) is 7.65. The number of nitrogens with one attached hydrogen (secondary N) is 1. The lowest BCUT2D eigenvalue weighted by Crippen LogP contribution is -2.47. The van der Waals surface area contributed by atoms with Crippen LogP contribution in [0.1, 0.15) is 25.3 Å². The van der Waals surface area contributed by atoms with Crippen LogP contribution >= 0.6 is 0 Å². The van der Waals surface area contributed by atoms with Crippen LogP contribution in [0.2, 0.25) is 0 Å². The summed E-state index contributed by atoms with van der Waals surface area (Å²) in [5, 5.41) is 2.96. The average Bonchev–Trinajstić information content (AvgIpc) is 2.36. The van der Waals surface area contributed by atoms with Gasteiger partial charge in [-0.3, -0.25) is 4.79 Å². The highest BCUT2D eigenvalue weighted by Crippen LogP contribution is 2.23. The molecular weight excluding hydrogens is 240 g/mol. The second-order valence-electron chi connectivity index (χ2n) is 4.75. The van der Waals surface area contributed by atoms with E-state index in [-0.39, 0.29) is 11.9 Å². The number of nitrogen functional groups attached to an aromatic ring is 1. The quantitative estimate of drug-likeness (QED) is 0.628. The number of carbonyl (C=O) groups excluding carboxylic acids is 1. The third kappa shape index (κ3) is 4.10. The molecule has 3 N–H and O–H groups in total. The molecule has 0 heterocycles. The molecule has 0 aliphatic heterocycles. The molecule has 0 aromatic heterocycles. The first-order chi connectivity index (χ1) is 9.17. The van der Waals surface area contributed by atoms with Gasteiger partial charge in [-0.05, 0) is 43.5 Å². The van der Waals surface area contributed by atoms with E-state index >= 15 is 0 Å². The molecule has 1 aliphatic rings. The Morgan fingerprint density at radius 3 is 2.74 bits per heavy atom. The lowest BCUT2D eigenvalue weighted by atomic mass is 9.89. The first-order valence-corrected chi connectivity index (χ1v) is 6.63. The van der Waals surface area contributed by atoms with Gasteiger partial charge in [-0.1, -0.05) is 12.1 Å². The molecule has 1 aromatic rings. The Labute approximate surface area is 113 Å². The Hall–Kier alpha value is -1.81. The van der Waals surface area contributed by atoms with Gasteiger partial charge in [0.05, 0.1) is 6.10 Å². The van der Waals surface area contributed by atoms with E-state index in [1.807, 2.05) is 31.2 Å². The van der Waals surface area contributed by atoms with E-state index in [4.69, 9.17) is 10.5 Å². The van der Waals surface area contributed by atoms with Crippen LogP contribution in [-0.4, -0.2) is 24.7 Å². The summed E-state index contributed by atoms with van der Waals surface area (Å²) >= 11 is 0. The summed E-state index contributed by atoms with van der Waals surface area (Å²) < 4.78 is 5.45. The van der Waals surface area contributed by atoms with Gasteiger partial charge in [0.15, 0.2) is 0 Å². The van der Waals surface area contributed by atoms with Crippen LogP contribution in [0.5, 0.6) is 0 Å². The van der Waals surface area contributed by atoms with Crippen molar-refractivity contribution in [2.75, 3.05) is 12.3 Å². The molecule has 1 amide bonds. The summed E-state index contributed by atoms with van der Waals surface area (Å²) in [6.45, 7) is 2.73. The fraction of sp³-hybridized carbons (Fsp3) is 0.400. The van der Waals surface area contributed by atoms with Gasteiger partial charge in [0.25, 0.3) is 0 Å². The molecule has 0 saturated heterocycles. The highest BCUT2D eigenvalue weighted by Gasteiger charge is 2.29. The van der Waals surface area contributed by atoms with Gasteiger partial charge >= 0.3 is 0 Å². The smallest absolute Gasteiger partial charge is 0.244 e. The zero-order valence-corrected chi connectivity index (χ0v) is 11.1. The van der Waals surface area contributed by atoms with E-state index < -0.39 is 0 Å². The zero-order valence-electron chi connectivity index (χ0n) is 11.1. The zero-order chi connectivity index (χ0) is 13.7. The van der Waals surface area contributed by atoms with E-state index in [0.29, 0.717) is 6.10 Å². The lowest BCUT2D eigenvalue weighted by Gasteiger charge is -2.35. The largest absolute Gasteiger partial charge is 0.399 e. The van der Waals surface area contributed by atoms with Crippen molar-refractivity contribution in [2.45, 2.75) is 31.9 Å². The van der Waals surface area contributed by atoms with Gasteiger partial charge in [0.1, 0.15) is 0 Å². The van der Waals surface area contributed by atoms with Crippen molar-refractivity contribution in [3.8, 4) is 0 Å². The maximum absolute atomic E-state index is 11.7. The summed E-state index contributed by atoms with van der Waals surface area (Å²) in [4.78, 5) is 11.7. The Balaban J connectivity index is 1.74. The van der Waals surface area contributed by atoms with E-state index in [0.717, 1.165) is 30.7 Å². The average molecular weight is 260 g/mol. The van der Waals surface area contributed by atoms with E-state index in [9.17, 15) is 4.79 Å². The molecule has 0 unspecified atom stereocenters. The maximum atomic E-state index is 11.7. The van der Waals surface area contributed by atoms with Gasteiger partial charge in [-0.25, -0.2) is 0 Å². The Morgan fingerprint density at radius 2 is 2.11 bits per heavy atom. The molecule has 0 spiro atoms. The third-order valence-corrected chi connectivity index (χ3v) is 3.21. The number of hydrogen-bond donors (Lipinski definition) is 2. The minimum Gasteiger partial charge on any atom is -0.399 e. The van der Waals surface area contributed by atoms with Crippen molar-refractivity contribution in [1.82, 2.24) is 5.32 Å². The first kappa shape index (κ1) is 13.6. The number of anilines is 1. The normalized spacial score (nSPS) is 22.2. The predicted octanol–water partition coefficient (Wildman–Crippen LogP) is 1.97. The molecule has 4 heteroatoms. The molecule has 0 bridgehead atoms. The van der Waals surface area contributed by atoms with Crippen molar-refractivity contribution in [3.05, 3.63) is 35.9 Å². The molecule has 1 aromatic carbocycles. The second-order valence-corrected chi connectivity index (χ2v) is 4.75. The Kier molecular flexibility index (Phi) is 4.58. The number of hydrogen-bond acceptors (Lipinski definition) is 3. The van der Waals surface area contributed by atoms with Crippen LogP contribution in [0.4, 0.5) is 5.69 Å². The van der Waals surface area contributed by atoms with Gasteiger partial charge in [-0.2, -0.15) is 0 Å². The highest BCUT2D eigenvalue weighted by atomic mass is 16.5. The fourth-order valence-corrected chi connectivity index (χ4v) is 2.08. The standard InChI is InChI=1S/C15H20N2O2/c1-2-19-14-9-13(10-14)17-15(18)8-5-11-3-6-12(16)7-4-11/h3-8,13-14H,2,9-10,16H2,1H3,(H,17,18)/b8-5+. The SMILES string of the molecule is CCOC1CC(NC(=O)/C=C/c2ccc(N)cc2)C1. The van der Waals surface area contributed by atoms with Gasteiger partial charge in [-0.15, -0.1) is 0 Å². The number of benzene rings is 1. The van der Waals surface area contributed by atoms with Gasteiger partial charge < -0.3 is 15.8 Å². The number of carbonyl (C=O) groups is 1. The van der Waals surface area contributed by atoms with E-state index in [1.165, 1.54) is 0 Å². The van der Waals surface area contributed by atoms with Crippen LogP contribution in [0.25, 0.3) is 6.08 Å². The number of rotatable bonds is 5. The monoisotopic (exact) mass is 260 g/mol. The number of amides is 1. The third-order valence-electron chi connectivity index (χ3n) is 3.21. The Bertz CT molecular complexity index is 448. The van der Waals surface area contributed by atoms with Gasteiger partial charge in [0, 0.05) is 24.4 Å². The molecule has 0 atom stereocenters. The lowest BCUT2D eigenvalue weighted by molar-refractivity contribution is -0.118. The molecule has 0 radical (unpaired) electrons. The van der Waals surface area contributed by atoms with Crippen molar-refractivity contribution in [3.63, 3.8) is 0 Å². The molecule has 19 heavy (non-hydrogen) atoms. The molecule has 2 rings (SSSR count). The van der Waals surface area contributed by atoms with Crippen molar-refractivity contribution < 1.29 is 9.53 Å². The Morgan fingerprint density at radius 1 is 1.42 bits per heavy atom. The van der Waals surface area contributed by atoms with Crippen LogP contribution < -0.4 is 11.1 Å². The van der Waals surface area contributed by atoms with Crippen molar-refractivity contribution >= 4 is 17.7 Å². The molecule has 1 aliphatic carbocycles. The van der Waals surface area contributed by atoms with Crippen LogP contribution in [0.3, 0.4) is 0 Å². The molecule has 102 valence electrons. The van der Waals surface area contributed by atoms with Crippen LogP contribution in [0, 0.1) is 0 Å². The van der Waals surface area contributed by atoms with Crippen molar-refractivity contribution in [1.29, 1.82) is 0 Å². The van der Waals surface area contributed by atoms with Crippen LogP contribution in [-0.2, 0) is 9.53 Å². The summed E-state index contributed by atoms with van der Waals surface area (Å²) in [5.41, 5.74) is 7.28. The molecule has 1 fully saturated rings. The number of ether oxygens (including phenoxy) is 1. The predicted molar refractivity (Wildman–Crippen MR) is 76.5 cm³/mol. The van der Waals surface area contributed by atoms with E-state index in [1.54, 1.807) is 12.2 Å². The topological polar surface area (TPSA) is 64.3 Å². The maximum Gasteiger partial charge on any atom is 0.244 e. The number of nitrogens with two attached hydrogens (primary N) is 1. The second kappa shape index (κ2) is 6.38. The van der Waals surface area contributed by atoms with Gasteiger partial charge in [0.2, 0.25) is 5.91 Å².